The van der Waals surface area contributed by atoms with Gasteiger partial charge in [0.1, 0.15) is 0 Å². The first kappa shape index (κ1) is 25.5. The predicted octanol–water partition coefficient (Wildman–Crippen LogP) is 2.32. The summed E-state index contributed by atoms with van der Waals surface area (Å²) in [7, 11) is 1.46. The van der Waals surface area contributed by atoms with E-state index in [2.05, 4.69) is 0 Å². The van der Waals surface area contributed by atoms with Crippen molar-refractivity contribution in [3.8, 4) is 0 Å². The van der Waals surface area contributed by atoms with Crippen molar-refractivity contribution in [2.75, 3.05) is 44.7 Å². The highest BCUT2D eigenvalue weighted by Crippen LogP contribution is 2.33. The molecule has 0 saturated carbocycles. The Hall–Kier alpha value is -3.11. The summed E-state index contributed by atoms with van der Waals surface area (Å²) in [5.74, 6) is -2.39. The van der Waals surface area contributed by atoms with E-state index in [1.54, 1.807) is 11.8 Å². The fourth-order valence-corrected chi connectivity index (χ4v) is 4.29. The lowest BCUT2D eigenvalue weighted by atomic mass is 9.97. The molecule has 2 heterocycles. The third-order valence-corrected chi connectivity index (χ3v) is 6.18. The molecule has 0 radical (unpaired) electrons. The minimum absolute atomic E-state index is 0.0531. The third-order valence-electron chi connectivity index (χ3n) is 6.18. The molecule has 0 aromatic heterocycles. The average molecular weight is 483 g/mol. The molecule has 1 atom stereocenters. The van der Waals surface area contributed by atoms with Gasteiger partial charge in [-0.25, -0.2) is 0 Å². The van der Waals surface area contributed by atoms with Crippen LogP contribution in [0.15, 0.2) is 24.3 Å². The number of carbonyl (C=O) groups is 4. The standard InChI is InChI=1S/C23H28F3N3O5/c1-3-34-22(33)15-7-9-28(10-8-15)20(31)14-27(2)21(32)16-11-19(30)29(13-16)18-6-4-5-17(12-18)23(24,25)26/h4-6,12,15-16H,3,7-11,13-14H2,1-2H3. The Bertz CT molecular complexity index is 944. The number of likely N-dealkylation sites (tertiary alicyclic amines) is 1. The van der Waals surface area contributed by atoms with Gasteiger partial charge >= 0.3 is 12.1 Å². The van der Waals surface area contributed by atoms with Crippen molar-refractivity contribution in [2.24, 2.45) is 11.8 Å². The maximum Gasteiger partial charge on any atom is 0.416 e. The number of nitrogens with zero attached hydrogens (tertiary/aromatic N) is 3. The molecule has 3 rings (SSSR count). The highest BCUT2D eigenvalue weighted by atomic mass is 19.4. The van der Waals surface area contributed by atoms with Gasteiger partial charge in [-0.3, -0.25) is 19.2 Å². The van der Waals surface area contributed by atoms with E-state index in [1.165, 1.54) is 29.0 Å². The first-order valence-electron chi connectivity index (χ1n) is 11.2. The summed E-state index contributed by atoms with van der Waals surface area (Å²) in [5, 5.41) is 0. The molecule has 2 saturated heterocycles. The molecular formula is C23H28F3N3O5. The van der Waals surface area contributed by atoms with Gasteiger partial charge in [0, 0.05) is 38.8 Å². The summed E-state index contributed by atoms with van der Waals surface area (Å²) in [5.41, 5.74) is -0.791. The molecule has 186 valence electrons. The molecule has 1 aromatic carbocycles. The summed E-state index contributed by atoms with van der Waals surface area (Å²) >= 11 is 0. The van der Waals surface area contributed by atoms with Crippen LogP contribution in [0.2, 0.25) is 0 Å². The Labute approximate surface area is 195 Å². The van der Waals surface area contributed by atoms with Crippen LogP contribution in [-0.4, -0.2) is 73.3 Å². The van der Waals surface area contributed by atoms with Crippen molar-refractivity contribution in [3.63, 3.8) is 0 Å². The monoisotopic (exact) mass is 483 g/mol. The van der Waals surface area contributed by atoms with Gasteiger partial charge in [-0.15, -0.1) is 0 Å². The number of hydrogen-bond donors (Lipinski definition) is 0. The largest absolute Gasteiger partial charge is 0.466 e. The lowest BCUT2D eigenvalue weighted by molar-refractivity contribution is -0.151. The van der Waals surface area contributed by atoms with Crippen molar-refractivity contribution >= 4 is 29.4 Å². The molecule has 8 nitrogen and oxygen atoms in total. The van der Waals surface area contributed by atoms with Crippen LogP contribution >= 0.6 is 0 Å². The van der Waals surface area contributed by atoms with Crippen LogP contribution in [0.3, 0.4) is 0 Å². The smallest absolute Gasteiger partial charge is 0.416 e. The second-order valence-electron chi connectivity index (χ2n) is 8.55. The first-order valence-corrected chi connectivity index (χ1v) is 11.2. The highest BCUT2D eigenvalue weighted by molar-refractivity contribution is 6.00. The van der Waals surface area contributed by atoms with Crippen molar-refractivity contribution in [1.29, 1.82) is 0 Å². The third kappa shape index (κ3) is 5.87. The molecule has 34 heavy (non-hydrogen) atoms. The highest BCUT2D eigenvalue weighted by Gasteiger charge is 2.38. The lowest BCUT2D eigenvalue weighted by Gasteiger charge is -2.32. The summed E-state index contributed by atoms with van der Waals surface area (Å²) in [6.07, 6.45) is -3.70. The number of carbonyl (C=O) groups excluding carboxylic acids is 4. The number of alkyl halides is 3. The van der Waals surface area contributed by atoms with E-state index in [9.17, 15) is 32.3 Å². The fourth-order valence-electron chi connectivity index (χ4n) is 4.29. The first-order chi connectivity index (χ1) is 16.0. The van der Waals surface area contributed by atoms with Gasteiger partial charge in [0.2, 0.25) is 17.7 Å². The zero-order chi connectivity index (χ0) is 25.0. The topological polar surface area (TPSA) is 87.2 Å². The summed E-state index contributed by atoms with van der Waals surface area (Å²) in [4.78, 5) is 53.8. The molecule has 11 heteroatoms. The second-order valence-corrected chi connectivity index (χ2v) is 8.55. The molecule has 2 aliphatic heterocycles. The van der Waals surface area contributed by atoms with Crippen LogP contribution in [0.5, 0.6) is 0 Å². The molecule has 1 aromatic rings. The van der Waals surface area contributed by atoms with Gasteiger partial charge in [-0.05, 0) is 38.0 Å². The van der Waals surface area contributed by atoms with Gasteiger partial charge in [0.05, 0.1) is 30.6 Å². The van der Waals surface area contributed by atoms with Gasteiger partial charge < -0.3 is 19.4 Å². The number of benzene rings is 1. The number of amides is 3. The summed E-state index contributed by atoms with van der Waals surface area (Å²) in [6, 6.07) is 4.42. The van der Waals surface area contributed by atoms with Gasteiger partial charge in [-0.2, -0.15) is 13.2 Å². The number of esters is 1. The number of ether oxygens (including phenoxy) is 1. The number of piperidine rings is 1. The van der Waals surface area contributed by atoms with Gasteiger partial charge in [0.15, 0.2) is 0 Å². The van der Waals surface area contributed by atoms with E-state index in [0.29, 0.717) is 32.5 Å². The van der Waals surface area contributed by atoms with E-state index in [4.69, 9.17) is 4.74 Å². The molecule has 2 aliphatic rings. The number of halogens is 3. The molecule has 0 bridgehead atoms. The number of likely N-dealkylation sites (N-methyl/N-ethyl adjacent to an activating group) is 1. The van der Waals surface area contributed by atoms with Crippen molar-refractivity contribution in [3.05, 3.63) is 29.8 Å². The Morgan fingerprint density at radius 1 is 1.15 bits per heavy atom. The zero-order valence-electron chi connectivity index (χ0n) is 19.1. The van der Waals surface area contributed by atoms with E-state index in [-0.39, 0.29) is 43.0 Å². The molecule has 3 amide bonds. The zero-order valence-corrected chi connectivity index (χ0v) is 19.1. The Morgan fingerprint density at radius 2 is 1.82 bits per heavy atom. The number of anilines is 1. The molecule has 2 fully saturated rings. The van der Waals surface area contributed by atoms with Gasteiger partial charge in [-0.1, -0.05) is 6.07 Å². The van der Waals surface area contributed by atoms with Gasteiger partial charge in [0.25, 0.3) is 0 Å². The average Bonchev–Trinajstić information content (AvgIpc) is 3.19. The van der Waals surface area contributed by atoms with Crippen molar-refractivity contribution in [2.45, 2.75) is 32.4 Å². The number of rotatable bonds is 6. The quantitative estimate of drug-likeness (QED) is 0.580. The SMILES string of the molecule is CCOC(=O)C1CCN(C(=O)CN(C)C(=O)C2CC(=O)N(c3cccc(C(F)(F)F)c3)C2)CC1. The van der Waals surface area contributed by atoms with E-state index in [0.717, 1.165) is 12.1 Å². The predicted molar refractivity (Wildman–Crippen MR) is 115 cm³/mol. The summed E-state index contributed by atoms with van der Waals surface area (Å²) in [6.45, 7) is 2.57. The number of hydrogen-bond acceptors (Lipinski definition) is 5. The fraction of sp³-hybridized carbons (Fsp3) is 0.565. The summed E-state index contributed by atoms with van der Waals surface area (Å²) < 4.78 is 44.1. The van der Waals surface area contributed by atoms with E-state index >= 15 is 0 Å². The second kappa shape index (κ2) is 10.4. The van der Waals surface area contributed by atoms with E-state index in [1.807, 2.05) is 0 Å². The maximum absolute atomic E-state index is 13.0. The van der Waals surface area contributed by atoms with Crippen molar-refractivity contribution < 1.29 is 37.1 Å². The van der Waals surface area contributed by atoms with Crippen LogP contribution < -0.4 is 4.90 Å². The van der Waals surface area contributed by atoms with Crippen molar-refractivity contribution in [1.82, 2.24) is 9.80 Å². The molecule has 0 spiro atoms. The van der Waals surface area contributed by atoms with Crippen LogP contribution in [0.4, 0.5) is 18.9 Å². The Balaban J connectivity index is 1.55. The van der Waals surface area contributed by atoms with Crippen LogP contribution in [0.25, 0.3) is 0 Å². The molecule has 1 unspecified atom stereocenters. The normalized spacial score (nSPS) is 19.3. The minimum Gasteiger partial charge on any atom is -0.466 e. The minimum atomic E-state index is -4.54. The molecule has 0 N–H and O–H groups in total. The van der Waals surface area contributed by atoms with Crippen LogP contribution in [0, 0.1) is 11.8 Å². The Kier molecular flexibility index (Phi) is 7.83. The molecular weight excluding hydrogens is 455 g/mol. The van der Waals surface area contributed by atoms with E-state index < -0.39 is 29.5 Å². The van der Waals surface area contributed by atoms with Crippen LogP contribution in [-0.2, 0) is 30.1 Å². The Morgan fingerprint density at radius 3 is 2.44 bits per heavy atom. The lowest BCUT2D eigenvalue weighted by Crippen LogP contribution is -2.46. The van der Waals surface area contributed by atoms with Crippen LogP contribution in [0.1, 0.15) is 31.7 Å². The maximum atomic E-state index is 13.0. The molecule has 0 aliphatic carbocycles.